The topological polar surface area (TPSA) is 30.3 Å². The average molecular weight is 406 g/mol. The Kier molecular flexibility index (Phi) is 8.45. The number of fused-ring (bicyclic) bond motifs is 1. The molecule has 0 amide bonds. The van der Waals surface area contributed by atoms with E-state index in [1.54, 1.807) is 17.4 Å². The molecule has 1 heterocycles. The lowest BCUT2D eigenvalue weighted by molar-refractivity contribution is 0.335. The van der Waals surface area contributed by atoms with Crippen molar-refractivity contribution in [2.24, 2.45) is 0 Å². The number of thiophene rings is 1. The number of hydrogen-bond donors (Lipinski definition) is 0. The molecular weight excluding hydrogens is 374 g/mol. The minimum Gasteiger partial charge on any atom is -0.375 e. The van der Waals surface area contributed by atoms with Crippen molar-refractivity contribution in [3.63, 3.8) is 0 Å². The fraction of sp³-hybridized carbons (Fsp3) is 0.320. The van der Waals surface area contributed by atoms with Gasteiger partial charge in [-0.3, -0.25) is 0 Å². The molecule has 152 valence electrons. The minimum atomic E-state index is -0.0133. The van der Waals surface area contributed by atoms with E-state index in [1.807, 2.05) is 32.3 Å². The quantitative estimate of drug-likeness (QED) is 0.344. The molecule has 3 nitrogen and oxygen atoms in total. The van der Waals surface area contributed by atoms with Crippen LogP contribution in [0.5, 0.6) is 0 Å². The van der Waals surface area contributed by atoms with Crippen LogP contribution in [0.2, 0.25) is 0 Å². The lowest BCUT2D eigenvalue weighted by Crippen LogP contribution is -2.29. The molecule has 2 aromatic rings. The lowest BCUT2D eigenvalue weighted by Gasteiger charge is -2.24. The van der Waals surface area contributed by atoms with Crippen molar-refractivity contribution < 1.29 is 0 Å². The summed E-state index contributed by atoms with van der Waals surface area (Å²) in [5.74, 6) is 0. The molecule has 1 unspecified atom stereocenters. The Morgan fingerprint density at radius 1 is 1.24 bits per heavy atom. The second kappa shape index (κ2) is 10.8. The molecular formula is C25H31N3S. The van der Waals surface area contributed by atoms with E-state index in [9.17, 15) is 5.26 Å². The molecule has 0 aliphatic rings. The molecule has 0 saturated heterocycles. The summed E-state index contributed by atoms with van der Waals surface area (Å²) in [7, 11) is 6.14. The Morgan fingerprint density at radius 2 is 2.00 bits per heavy atom. The van der Waals surface area contributed by atoms with Crippen molar-refractivity contribution in [3.05, 3.63) is 71.7 Å². The van der Waals surface area contributed by atoms with Crippen LogP contribution in [0.4, 0.5) is 5.69 Å². The number of anilines is 1. The molecule has 4 heteroatoms. The number of rotatable bonds is 10. The van der Waals surface area contributed by atoms with Gasteiger partial charge in [-0.15, -0.1) is 11.3 Å². The van der Waals surface area contributed by atoms with Crippen molar-refractivity contribution >= 4 is 33.2 Å². The van der Waals surface area contributed by atoms with Crippen LogP contribution in [0, 0.1) is 11.3 Å². The fourth-order valence-electron chi connectivity index (χ4n) is 3.33. The first-order valence-corrected chi connectivity index (χ1v) is 10.7. The van der Waals surface area contributed by atoms with Gasteiger partial charge in [0.25, 0.3) is 0 Å². The molecule has 29 heavy (non-hydrogen) atoms. The number of benzene rings is 1. The highest BCUT2D eigenvalue weighted by Gasteiger charge is 2.18. The molecule has 1 aromatic heterocycles. The zero-order valence-electron chi connectivity index (χ0n) is 18.0. The molecule has 1 atom stereocenters. The SMILES string of the molecule is C=C/C=C(\C=C)CC(/C(C#N)=C/c1cc2ccc(N(C)CCC)cc2s1)N(C)C. The Bertz CT molecular complexity index is 956. The highest BCUT2D eigenvalue weighted by atomic mass is 32.1. The van der Waals surface area contributed by atoms with E-state index in [2.05, 4.69) is 67.3 Å². The second-order valence-electron chi connectivity index (χ2n) is 7.37. The Hall–Kier alpha value is -2.61. The number of likely N-dealkylation sites (N-methyl/N-ethyl adjacent to an activating group) is 1. The predicted molar refractivity (Wildman–Crippen MR) is 130 cm³/mol. The third-order valence-electron chi connectivity index (χ3n) is 4.95. The highest BCUT2D eigenvalue weighted by molar-refractivity contribution is 7.19. The van der Waals surface area contributed by atoms with Gasteiger partial charge < -0.3 is 9.80 Å². The van der Waals surface area contributed by atoms with Gasteiger partial charge in [0.1, 0.15) is 0 Å². The Balaban J connectivity index is 2.38. The van der Waals surface area contributed by atoms with Crippen molar-refractivity contribution in [1.29, 1.82) is 5.26 Å². The minimum absolute atomic E-state index is 0.0133. The standard InChI is InChI=1S/C25H31N3S/c1-7-10-19(9-3)14-24(27(4)5)21(18-26)16-23-15-20-11-12-22(17-25(20)29-23)28(6)13-8-2/h7,9-12,15-17,24H,1,3,8,13-14H2,2,4-6H3/b19-10+,21-16+. The Labute approximate surface area is 179 Å². The molecule has 1 aromatic carbocycles. The van der Waals surface area contributed by atoms with Gasteiger partial charge in [0.05, 0.1) is 6.07 Å². The largest absolute Gasteiger partial charge is 0.375 e. The van der Waals surface area contributed by atoms with Gasteiger partial charge >= 0.3 is 0 Å². The molecule has 0 fully saturated rings. The monoisotopic (exact) mass is 405 g/mol. The molecule has 0 N–H and O–H groups in total. The summed E-state index contributed by atoms with van der Waals surface area (Å²) in [5.41, 5.74) is 3.05. The molecule has 0 saturated carbocycles. The number of nitriles is 1. The first-order valence-electron chi connectivity index (χ1n) is 9.90. The summed E-state index contributed by atoms with van der Waals surface area (Å²) >= 11 is 1.73. The van der Waals surface area contributed by atoms with Crippen LogP contribution in [0.15, 0.2) is 66.8 Å². The predicted octanol–water partition coefficient (Wildman–Crippen LogP) is 6.27. The summed E-state index contributed by atoms with van der Waals surface area (Å²) < 4.78 is 1.24. The van der Waals surface area contributed by atoms with Crippen LogP contribution in [0.3, 0.4) is 0 Å². The smallest absolute Gasteiger partial charge is 0.0964 e. The van der Waals surface area contributed by atoms with Crippen LogP contribution in [-0.2, 0) is 0 Å². The van der Waals surface area contributed by atoms with Gasteiger partial charge in [-0.05, 0) is 62.2 Å². The van der Waals surface area contributed by atoms with Crippen LogP contribution in [0.25, 0.3) is 16.2 Å². The van der Waals surface area contributed by atoms with Crippen LogP contribution in [-0.4, -0.2) is 38.6 Å². The van der Waals surface area contributed by atoms with Crippen molar-refractivity contribution in [3.8, 4) is 6.07 Å². The van der Waals surface area contributed by atoms with Gasteiger partial charge in [-0.2, -0.15) is 5.26 Å². The van der Waals surface area contributed by atoms with E-state index < -0.39 is 0 Å². The van der Waals surface area contributed by atoms with Crippen LogP contribution >= 0.6 is 11.3 Å². The zero-order valence-corrected chi connectivity index (χ0v) is 18.8. The zero-order chi connectivity index (χ0) is 21.4. The third kappa shape index (κ3) is 5.93. The molecule has 2 rings (SSSR count). The number of allylic oxidation sites excluding steroid dienone is 3. The highest BCUT2D eigenvalue weighted by Crippen LogP contribution is 2.31. The third-order valence-corrected chi connectivity index (χ3v) is 6.00. The summed E-state index contributed by atoms with van der Waals surface area (Å²) in [6.07, 6.45) is 9.42. The number of nitrogens with zero attached hydrogens (tertiary/aromatic N) is 3. The van der Waals surface area contributed by atoms with E-state index in [1.165, 1.54) is 15.8 Å². The number of hydrogen-bond acceptors (Lipinski definition) is 4. The summed E-state index contributed by atoms with van der Waals surface area (Å²) in [6, 6.07) is 11.2. The van der Waals surface area contributed by atoms with E-state index in [4.69, 9.17) is 0 Å². The maximum Gasteiger partial charge on any atom is 0.0964 e. The van der Waals surface area contributed by atoms with Crippen molar-refractivity contribution in [1.82, 2.24) is 4.90 Å². The van der Waals surface area contributed by atoms with E-state index in [0.717, 1.165) is 35.4 Å². The summed E-state index contributed by atoms with van der Waals surface area (Å²) in [4.78, 5) is 5.47. The van der Waals surface area contributed by atoms with Crippen molar-refractivity contribution in [2.75, 3.05) is 32.6 Å². The van der Waals surface area contributed by atoms with Gasteiger partial charge in [0, 0.05) is 40.5 Å². The first-order chi connectivity index (χ1) is 13.9. The van der Waals surface area contributed by atoms with Crippen LogP contribution in [0.1, 0.15) is 24.6 Å². The fourth-order valence-corrected chi connectivity index (χ4v) is 4.38. The maximum atomic E-state index is 9.86. The summed E-state index contributed by atoms with van der Waals surface area (Å²) in [6.45, 7) is 10.9. The van der Waals surface area contributed by atoms with E-state index in [0.29, 0.717) is 0 Å². The van der Waals surface area contributed by atoms with Gasteiger partial charge in [-0.25, -0.2) is 0 Å². The van der Waals surface area contributed by atoms with Gasteiger partial charge in [-0.1, -0.05) is 44.4 Å². The van der Waals surface area contributed by atoms with E-state index in [-0.39, 0.29) is 6.04 Å². The molecule has 0 bridgehead atoms. The van der Waals surface area contributed by atoms with E-state index >= 15 is 0 Å². The Morgan fingerprint density at radius 3 is 2.59 bits per heavy atom. The van der Waals surface area contributed by atoms with Gasteiger partial charge in [0.15, 0.2) is 0 Å². The van der Waals surface area contributed by atoms with Crippen molar-refractivity contribution in [2.45, 2.75) is 25.8 Å². The molecule has 0 spiro atoms. The summed E-state index contributed by atoms with van der Waals surface area (Å²) in [5, 5.41) is 11.1. The molecule has 0 aliphatic carbocycles. The maximum absolute atomic E-state index is 9.86. The first kappa shape index (κ1) is 22.7. The molecule has 0 radical (unpaired) electrons. The normalized spacial score (nSPS) is 13.4. The second-order valence-corrected chi connectivity index (χ2v) is 8.48. The van der Waals surface area contributed by atoms with Gasteiger partial charge in [0.2, 0.25) is 0 Å². The van der Waals surface area contributed by atoms with Crippen LogP contribution < -0.4 is 4.90 Å². The lowest BCUT2D eigenvalue weighted by atomic mass is 9.97. The molecule has 0 aliphatic heterocycles. The average Bonchev–Trinajstić information content (AvgIpc) is 3.11.